The summed E-state index contributed by atoms with van der Waals surface area (Å²) in [5, 5.41) is 13.7. The molecule has 2 aliphatic heterocycles. The van der Waals surface area contributed by atoms with Crippen LogP contribution in [0.1, 0.15) is 17.2 Å². The van der Waals surface area contributed by atoms with Gasteiger partial charge in [0.15, 0.2) is 0 Å². The van der Waals surface area contributed by atoms with Crippen LogP contribution < -0.4 is 15.0 Å². The molecule has 0 aliphatic carbocycles. The summed E-state index contributed by atoms with van der Waals surface area (Å²) in [5.74, 6) is -4.36. The molecule has 4 unspecified atom stereocenters. The summed E-state index contributed by atoms with van der Waals surface area (Å²) < 4.78 is 18.8. The standard InChI is InChI=1S/C27H23FN2O5/c1-35-20-13-7-17(8-14-20)23-21-22(25(32)30(24(21)31)19-11-9-18(28)10-12-19)27(29-23,26(33)34)15-16-5-3-2-4-6-16/h2-14,21-23,29H,15H2,1H3,(H,33,34). The van der Waals surface area contributed by atoms with Crippen LogP contribution in [0.15, 0.2) is 78.9 Å². The molecule has 3 aromatic carbocycles. The van der Waals surface area contributed by atoms with Gasteiger partial charge in [-0.3, -0.25) is 19.7 Å². The van der Waals surface area contributed by atoms with Gasteiger partial charge in [-0.15, -0.1) is 0 Å². The lowest BCUT2D eigenvalue weighted by atomic mass is 9.76. The molecule has 0 radical (unpaired) electrons. The molecule has 2 N–H and O–H groups in total. The van der Waals surface area contributed by atoms with Crippen LogP contribution >= 0.6 is 0 Å². The Labute approximate surface area is 201 Å². The van der Waals surface area contributed by atoms with E-state index in [-0.39, 0.29) is 12.1 Å². The van der Waals surface area contributed by atoms with Gasteiger partial charge in [0, 0.05) is 12.5 Å². The number of carbonyl (C=O) groups excluding carboxylic acids is 2. The molecule has 2 fully saturated rings. The Morgan fingerprint density at radius 1 is 1.00 bits per heavy atom. The van der Waals surface area contributed by atoms with E-state index in [9.17, 15) is 23.9 Å². The first-order valence-electron chi connectivity index (χ1n) is 11.2. The molecule has 3 aromatic rings. The monoisotopic (exact) mass is 474 g/mol. The SMILES string of the molecule is COc1ccc(C2NC(Cc3ccccc3)(C(=O)O)C3C(=O)N(c4ccc(F)cc4)C(=O)C23)cc1. The number of benzene rings is 3. The van der Waals surface area contributed by atoms with Crippen LogP contribution in [0.25, 0.3) is 0 Å². The van der Waals surface area contributed by atoms with Crippen molar-refractivity contribution in [3.05, 3.63) is 95.8 Å². The van der Waals surface area contributed by atoms with Crippen molar-refractivity contribution >= 4 is 23.5 Å². The lowest BCUT2D eigenvalue weighted by Gasteiger charge is -2.31. The number of carboxylic acid groups (broad SMARTS) is 1. The highest BCUT2D eigenvalue weighted by Gasteiger charge is 2.68. The number of anilines is 1. The number of fused-ring (bicyclic) bond motifs is 1. The summed E-state index contributed by atoms with van der Waals surface area (Å²) in [5.41, 5.74) is -0.127. The molecule has 5 rings (SSSR count). The second-order valence-corrected chi connectivity index (χ2v) is 8.83. The maximum absolute atomic E-state index is 13.8. The van der Waals surface area contributed by atoms with E-state index in [0.717, 1.165) is 22.6 Å². The Bertz CT molecular complexity index is 1280. The fourth-order valence-corrected chi connectivity index (χ4v) is 5.30. The number of imide groups is 1. The molecule has 178 valence electrons. The molecule has 0 aromatic heterocycles. The van der Waals surface area contributed by atoms with Gasteiger partial charge in [-0.2, -0.15) is 0 Å². The topological polar surface area (TPSA) is 95.9 Å². The minimum Gasteiger partial charge on any atom is -0.497 e. The predicted molar refractivity (Wildman–Crippen MR) is 125 cm³/mol. The number of aliphatic carboxylic acids is 1. The zero-order valence-electron chi connectivity index (χ0n) is 18.9. The van der Waals surface area contributed by atoms with Crippen molar-refractivity contribution in [1.82, 2.24) is 5.32 Å². The Hall–Kier alpha value is -4.04. The second kappa shape index (κ2) is 8.63. The molecule has 2 aliphatic rings. The Kier molecular flexibility index (Phi) is 5.61. The molecule has 8 heteroatoms. The van der Waals surface area contributed by atoms with Crippen molar-refractivity contribution < 1.29 is 28.6 Å². The molecule has 35 heavy (non-hydrogen) atoms. The van der Waals surface area contributed by atoms with Gasteiger partial charge >= 0.3 is 5.97 Å². The average Bonchev–Trinajstić information content (AvgIpc) is 3.34. The summed E-state index contributed by atoms with van der Waals surface area (Å²) in [6.45, 7) is 0. The minimum atomic E-state index is -1.72. The normalized spacial score (nSPS) is 25.5. The maximum Gasteiger partial charge on any atom is 0.325 e. The summed E-state index contributed by atoms with van der Waals surface area (Å²) in [7, 11) is 1.54. The highest BCUT2D eigenvalue weighted by atomic mass is 19.1. The first-order chi connectivity index (χ1) is 16.9. The van der Waals surface area contributed by atoms with E-state index < -0.39 is 47.0 Å². The summed E-state index contributed by atoms with van der Waals surface area (Å²) in [6.07, 6.45) is 0.00721. The largest absolute Gasteiger partial charge is 0.497 e. The number of halogens is 1. The molecular weight excluding hydrogens is 451 g/mol. The zero-order chi connectivity index (χ0) is 24.7. The van der Waals surface area contributed by atoms with E-state index in [4.69, 9.17) is 4.74 Å². The van der Waals surface area contributed by atoms with Crippen LogP contribution in [0, 0.1) is 17.7 Å². The van der Waals surface area contributed by atoms with E-state index in [2.05, 4.69) is 5.32 Å². The molecule has 0 spiro atoms. The van der Waals surface area contributed by atoms with Gasteiger partial charge in [0.1, 0.15) is 17.1 Å². The fraction of sp³-hybridized carbons (Fsp3) is 0.222. The van der Waals surface area contributed by atoms with E-state index >= 15 is 0 Å². The molecule has 0 saturated carbocycles. The highest BCUT2D eigenvalue weighted by Crippen LogP contribution is 2.51. The molecular formula is C27H23FN2O5. The number of hydrogen-bond acceptors (Lipinski definition) is 5. The van der Waals surface area contributed by atoms with Gasteiger partial charge in [-0.05, 0) is 47.5 Å². The van der Waals surface area contributed by atoms with Crippen molar-refractivity contribution in [1.29, 1.82) is 0 Å². The average molecular weight is 474 g/mol. The summed E-state index contributed by atoms with van der Waals surface area (Å²) in [6, 6.07) is 20.3. The lowest BCUT2D eigenvalue weighted by Crippen LogP contribution is -2.57. The number of carboxylic acids is 1. The van der Waals surface area contributed by atoms with Crippen LogP contribution in [-0.2, 0) is 20.8 Å². The number of nitrogens with zero attached hydrogens (tertiary/aromatic N) is 1. The first-order valence-corrected chi connectivity index (χ1v) is 11.2. The number of rotatable bonds is 6. The maximum atomic E-state index is 13.8. The van der Waals surface area contributed by atoms with Gasteiger partial charge in [0.2, 0.25) is 11.8 Å². The quantitative estimate of drug-likeness (QED) is 0.532. The Morgan fingerprint density at radius 2 is 1.66 bits per heavy atom. The number of hydrogen-bond donors (Lipinski definition) is 2. The Balaban J connectivity index is 1.64. The first kappa shape index (κ1) is 22.7. The van der Waals surface area contributed by atoms with Crippen LogP contribution in [-0.4, -0.2) is 35.5 Å². The smallest absolute Gasteiger partial charge is 0.325 e. The van der Waals surface area contributed by atoms with E-state index in [1.165, 1.54) is 19.2 Å². The van der Waals surface area contributed by atoms with Gasteiger partial charge < -0.3 is 9.84 Å². The van der Waals surface area contributed by atoms with Gasteiger partial charge in [-0.25, -0.2) is 9.29 Å². The second-order valence-electron chi connectivity index (χ2n) is 8.83. The molecule has 7 nitrogen and oxygen atoms in total. The lowest BCUT2D eigenvalue weighted by molar-refractivity contribution is -0.148. The number of methoxy groups -OCH3 is 1. The number of carbonyl (C=O) groups is 3. The van der Waals surface area contributed by atoms with Crippen LogP contribution in [0.4, 0.5) is 10.1 Å². The molecule has 2 heterocycles. The number of nitrogens with one attached hydrogen (secondary N) is 1. The molecule has 4 atom stereocenters. The summed E-state index contributed by atoms with van der Waals surface area (Å²) in [4.78, 5) is 41.3. The van der Waals surface area contributed by atoms with E-state index in [1.54, 1.807) is 48.5 Å². The van der Waals surface area contributed by atoms with Crippen molar-refractivity contribution in [2.24, 2.45) is 11.8 Å². The van der Waals surface area contributed by atoms with Gasteiger partial charge in [0.25, 0.3) is 0 Å². The third-order valence-corrected chi connectivity index (χ3v) is 6.92. The third kappa shape index (κ3) is 3.66. The summed E-state index contributed by atoms with van der Waals surface area (Å²) >= 11 is 0. The number of ether oxygens (including phenoxy) is 1. The van der Waals surface area contributed by atoms with Gasteiger partial charge in [0.05, 0.1) is 24.6 Å². The fourth-order valence-electron chi connectivity index (χ4n) is 5.30. The predicted octanol–water partition coefficient (Wildman–Crippen LogP) is 3.35. The van der Waals surface area contributed by atoms with E-state index in [0.29, 0.717) is 11.3 Å². The van der Waals surface area contributed by atoms with Gasteiger partial charge in [-0.1, -0.05) is 42.5 Å². The van der Waals surface area contributed by atoms with Crippen molar-refractivity contribution in [3.8, 4) is 5.75 Å². The van der Waals surface area contributed by atoms with E-state index in [1.807, 2.05) is 6.07 Å². The number of amides is 2. The van der Waals surface area contributed by atoms with Crippen LogP contribution in [0.2, 0.25) is 0 Å². The third-order valence-electron chi connectivity index (χ3n) is 6.92. The minimum absolute atomic E-state index is 0.00721. The van der Waals surface area contributed by atoms with Crippen LogP contribution in [0.5, 0.6) is 5.75 Å². The zero-order valence-corrected chi connectivity index (χ0v) is 18.9. The van der Waals surface area contributed by atoms with Crippen molar-refractivity contribution in [3.63, 3.8) is 0 Å². The van der Waals surface area contributed by atoms with Crippen molar-refractivity contribution in [2.75, 3.05) is 12.0 Å². The Morgan fingerprint density at radius 3 is 2.26 bits per heavy atom. The molecule has 2 amide bonds. The highest BCUT2D eigenvalue weighted by molar-refractivity contribution is 6.24. The van der Waals surface area contributed by atoms with Crippen molar-refractivity contribution in [2.45, 2.75) is 18.0 Å². The molecule has 2 saturated heterocycles. The molecule has 0 bridgehead atoms. The van der Waals surface area contributed by atoms with Crippen LogP contribution in [0.3, 0.4) is 0 Å².